The second-order valence-electron chi connectivity index (χ2n) is 3.13. The lowest BCUT2D eigenvalue weighted by molar-refractivity contribution is 0.632. The van der Waals surface area contributed by atoms with Gasteiger partial charge in [-0.25, -0.2) is 0 Å². The fourth-order valence-corrected chi connectivity index (χ4v) is 1.22. The Morgan fingerprint density at radius 2 is 1.69 bits per heavy atom. The molecule has 0 saturated heterocycles. The molecule has 13 heavy (non-hydrogen) atoms. The highest BCUT2D eigenvalue weighted by atomic mass is 15.0. The molecule has 2 N–H and O–H groups in total. The number of aryl methyl sites for hydroxylation is 1. The van der Waals surface area contributed by atoms with Gasteiger partial charge in [0.1, 0.15) is 0 Å². The van der Waals surface area contributed by atoms with E-state index in [4.69, 9.17) is 0 Å². The third-order valence-corrected chi connectivity index (χ3v) is 2.06. The fraction of sp³-hybridized carbons (Fsp3) is 0.455. The van der Waals surface area contributed by atoms with Crippen molar-refractivity contribution in [3.63, 3.8) is 0 Å². The number of benzene rings is 1. The minimum atomic E-state index is 0.857. The molecule has 2 nitrogen and oxygen atoms in total. The van der Waals surface area contributed by atoms with Gasteiger partial charge in [0.05, 0.1) is 0 Å². The Morgan fingerprint density at radius 1 is 1.08 bits per heavy atom. The molecule has 0 heterocycles. The maximum absolute atomic E-state index is 3.28. The fourth-order valence-electron chi connectivity index (χ4n) is 1.22. The van der Waals surface area contributed by atoms with E-state index < -0.39 is 0 Å². The van der Waals surface area contributed by atoms with Gasteiger partial charge in [-0.1, -0.05) is 31.2 Å². The van der Waals surface area contributed by atoms with Gasteiger partial charge in [0.15, 0.2) is 0 Å². The summed E-state index contributed by atoms with van der Waals surface area (Å²) in [7, 11) is 1.94. The summed E-state index contributed by atoms with van der Waals surface area (Å²) in [6.07, 6.45) is 1.12. The average Bonchev–Trinajstić information content (AvgIpc) is 2.19. The van der Waals surface area contributed by atoms with Crippen molar-refractivity contribution in [1.82, 2.24) is 10.6 Å². The molecule has 0 aromatic heterocycles. The summed E-state index contributed by atoms with van der Waals surface area (Å²) in [5.41, 5.74) is 2.74. The molecule has 0 amide bonds. The van der Waals surface area contributed by atoms with Crippen LogP contribution in [0.4, 0.5) is 0 Å². The molecule has 1 aromatic rings. The number of rotatable bonds is 5. The number of hydrogen-bond acceptors (Lipinski definition) is 2. The van der Waals surface area contributed by atoms with Crippen LogP contribution in [0.3, 0.4) is 0 Å². The second kappa shape index (κ2) is 5.73. The molecule has 1 aromatic carbocycles. The SMILES string of the molecule is CCc1ccc(CNCNC)cc1. The molecule has 0 atom stereocenters. The van der Waals surface area contributed by atoms with Crippen molar-refractivity contribution < 1.29 is 0 Å². The van der Waals surface area contributed by atoms with Crippen molar-refractivity contribution in [3.05, 3.63) is 35.4 Å². The summed E-state index contributed by atoms with van der Waals surface area (Å²) >= 11 is 0. The van der Waals surface area contributed by atoms with Gasteiger partial charge in [0, 0.05) is 13.2 Å². The van der Waals surface area contributed by atoms with E-state index in [1.165, 1.54) is 11.1 Å². The molecule has 0 fully saturated rings. The molecule has 0 radical (unpaired) electrons. The molecule has 0 aliphatic heterocycles. The summed E-state index contributed by atoms with van der Waals surface area (Å²) in [6.45, 7) is 3.97. The lowest BCUT2D eigenvalue weighted by Crippen LogP contribution is -2.25. The smallest absolute Gasteiger partial charge is 0.0454 e. The van der Waals surface area contributed by atoms with Gasteiger partial charge >= 0.3 is 0 Å². The normalized spacial score (nSPS) is 10.3. The topological polar surface area (TPSA) is 24.1 Å². The van der Waals surface area contributed by atoms with Gasteiger partial charge in [-0.2, -0.15) is 0 Å². The Hall–Kier alpha value is -0.860. The molecule has 0 aliphatic carbocycles. The van der Waals surface area contributed by atoms with Crippen LogP contribution in [0.2, 0.25) is 0 Å². The summed E-state index contributed by atoms with van der Waals surface area (Å²) < 4.78 is 0. The first-order chi connectivity index (χ1) is 6.36. The Labute approximate surface area is 80.4 Å². The van der Waals surface area contributed by atoms with Gasteiger partial charge < -0.3 is 10.6 Å². The zero-order chi connectivity index (χ0) is 9.52. The van der Waals surface area contributed by atoms with Crippen LogP contribution in [0.15, 0.2) is 24.3 Å². The van der Waals surface area contributed by atoms with Crippen LogP contribution in [-0.4, -0.2) is 13.7 Å². The molecular weight excluding hydrogens is 160 g/mol. The van der Waals surface area contributed by atoms with E-state index in [2.05, 4.69) is 41.8 Å². The van der Waals surface area contributed by atoms with Gasteiger partial charge in [-0.3, -0.25) is 0 Å². The molecule has 0 bridgehead atoms. The van der Waals surface area contributed by atoms with Crippen LogP contribution in [0.5, 0.6) is 0 Å². The van der Waals surface area contributed by atoms with Gasteiger partial charge in [0.25, 0.3) is 0 Å². The van der Waals surface area contributed by atoms with Crippen molar-refractivity contribution in [2.75, 3.05) is 13.7 Å². The van der Waals surface area contributed by atoms with Crippen molar-refractivity contribution in [3.8, 4) is 0 Å². The Balaban J connectivity index is 2.40. The molecule has 72 valence electrons. The Bertz CT molecular complexity index is 228. The van der Waals surface area contributed by atoms with E-state index in [0.29, 0.717) is 0 Å². The number of nitrogens with one attached hydrogen (secondary N) is 2. The van der Waals surface area contributed by atoms with Crippen molar-refractivity contribution >= 4 is 0 Å². The first-order valence-corrected chi connectivity index (χ1v) is 4.80. The van der Waals surface area contributed by atoms with Crippen LogP contribution in [0.1, 0.15) is 18.1 Å². The minimum Gasteiger partial charge on any atom is -0.308 e. The zero-order valence-corrected chi connectivity index (χ0v) is 8.43. The third kappa shape index (κ3) is 3.57. The van der Waals surface area contributed by atoms with Crippen LogP contribution in [-0.2, 0) is 13.0 Å². The highest BCUT2D eigenvalue weighted by Gasteiger charge is 1.91. The van der Waals surface area contributed by atoms with Crippen molar-refractivity contribution in [2.45, 2.75) is 19.9 Å². The lowest BCUT2D eigenvalue weighted by atomic mass is 10.1. The molecule has 2 heteroatoms. The maximum Gasteiger partial charge on any atom is 0.0454 e. The average molecular weight is 178 g/mol. The van der Waals surface area contributed by atoms with Crippen LogP contribution in [0.25, 0.3) is 0 Å². The molecule has 0 spiro atoms. The Kier molecular flexibility index (Phi) is 4.50. The predicted octanol–water partition coefficient (Wildman–Crippen LogP) is 1.52. The second-order valence-corrected chi connectivity index (χ2v) is 3.13. The molecule has 0 unspecified atom stereocenters. The van der Waals surface area contributed by atoms with E-state index in [0.717, 1.165) is 19.6 Å². The van der Waals surface area contributed by atoms with E-state index in [1.54, 1.807) is 0 Å². The highest BCUT2D eigenvalue weighted by Crippen LogP contribution is 2.04. The van der Waals surface area contributed by atoms with Crippen LogP contribution < -0.4 is 10.6 Å². The van der Waals surface area contributed by atoms with Gasteiger partial charge in [-0.15, -0.1) is 0 Å². The van der Waals surface area contributed by atoms with Crippen molar-refractivity contribution in [1.29, 1.82) is 0 Å². The van der Waals surface area contributed by atoms with Gasteiger partial charge in [0.2, 0.25) is 0 Å². The third-order valence-electron chi connectivity index (χ3n) is 2.06. The standard InChI is InChI=1S/C11H18N2/c1-3-10-4-6-11(7-5-10)8-13-9-12-2/h4-7,12-13H,3,8-9H2,1-2H3. The van der Waals surface area contributed by atoms with Crippen LogP contribution >= 0.6 is 0 Å². The van der Waals surface area contributed by atoms with Crippen molar-refractivity contribution in [2.24, 2.45) is 0 Å². The lowest BCUT2D eigenvalue weighted by Gasteiger charge is -2.04. The maximum atomic E-state index is 3.28. The molecular formula is C11H18N2. The van der Waals surface area contributed by atoms with Gasteiger partial charge in [-0.05, 0) is 24.6 Å². The molecule has 0 saturated carbocycles. The minimum absolute atomic E-state index is 0.857. The first-order valence-electron chi connectivity index (χ1n) is 4.80. The molecule has 1 rings (SSSR count). The summed E-state index contributed by atoms with van der Waals surface area (Å²) in [5, 5.41) is 6.33. The summed E-state index contributed by atoms with van der Waals surface area (Å²) in [6, 6.07) is 8.75. The summed E-state index contributed by atoms with van der Waals surface area (Å²) in [5.74, 6) is 0. The predicted molar refractivity (Wildman–Crippen MR) is 56.6 cm³/mol. The van der Waals surface area contributed by atoms with E-state index >= 15 is 0 Å². The molecule has 0 aliphatic rings. The van der Waals surface area contributed by atoms with E-state index in [1.807, 2.05) is 7.05 Å². The first kappa shape index (κ1) is 10.2. The van der Waals surface area contributed by atoms with E-state index in [9.17, 15) is 0 Å². The highest BCUT2D eigenvalue weighted by molar-refractivity contribution is 5.22. The summed E-state index contributed by atoms with van der Waals surface area (Å²) in [4.78, 5) is 0. The Morgan fingerprint density at radius 3 is 2.23 bits per heavy atom. The zero-order valence-electron chi connectivity index (χ0n) is 8.43. The monoisotopic (exact) mass is 178 g/mol. The van der Waals surface area contributed by atoms with E-state index in [-0.39, 0.29) is 0 Å². The number of hydrogen-bond donors (Lipinski definition) is 2. The largest absolute Gasteiger partial charge is 0.308 e. The quantitative estimate of drug-likeness (QED) is 0.527. The van der Waals surface area contributed by atoms with Crippen LogP contribution in [0, 0.1) is 0 Å².